The first kappa shape index (κ1) is 19.5. The van der Waals surface area contributed by atoms with Crippen LogP contribution in [0.1, 0.15) is 50.0 Å². The average Bonchev–Trinajstić information content (AvgIpc) is 2.70. The molecule has 0 bridgehead atoms. The molecule has 25 heavy (non-hydrogen) atoms. The highest BCUT2D eigenvalue weighted by atomic mass is 32.2. The number of nitrogens with zero attached hydrogens (tertiary/aromatic N) is 1. The minimum atomic E-state index is 0.370. The van der Waals surface area contributed by atoms with Gasteiger partial charge in [0.15, 0.2) is 11.4 Å². The lowest BCUT2D eigenvalue weighted by Gasteiger charge is -2.16. The number of aromatic nitrogens is 1. The van der Waals surface area contributed by atoms with Gasteiger partial charge in [0.25, 0.3) is 0 Å². The molecule has 1 aromatic heterocycles. The number of allylic oxidation sites excluding steroid dienone is 4. The van der Waals surface area contributed by atoms with Crippen LogP contribution in [0.5, 0.6) is 5.75 Å². The van der Waals surface area contributed by atoms with E-state index in [2.05, 4.69) is 37.5 Å². The predicted octanol–water partition coefficient (Wildman–Crippen LogP) is 5.55. The van der Waals surface area contributed by atoms with E-state index in [9.17, 15) is 4.79 Å². The van der Waals surface area contributed by atoms with Crippen LogP contribution < -0.4 is 4.74 Å². The van der Waals surface area contributed by atoms with Gasteiger partial charge in [-0.1, -0.05) is 31.7 Å². The van der Waals surface area contributed by atoms with Crippen LogP contribution in [0.4, 0.5) is 0 Å². The van der Waals surface area contributed by atoms with Gasteiger partial charge in [-0.15, -0.1) is 12.6 Å². The molecule has 6 heteroatoms. The second kappa shape index (κ2) is 9.63. The zero-order valence-corrected chi connectivity index (χ0v) is 16.1. The second-order valence-corrected chi connectivity index (χ2v) is 6.99. The van der Waals surface area contributed by atoms with Gasteiger partial charge in [-0.2, -0.15) is 0 Å². The number of carbonyl (C=O) groups excluding carboxylic acids is 1. The van der Waals surface area contributed by atoms with Gasteiger partial charge in [0.05, 0.1) is 6.20 Å². The molecule has 0 aliphatic carbocycles. The normalized spacial score (nSPS) is 23.7. The number of aldehydes is 1. The maximum absolute atomic E-state index is 10.8. The number of hydrogen-bond donors (Lipinski definition) is 2. The summed E-state index contributed by atoms with van der Waals surface area (Å²) in [6.45, 7) is 4.17. The van der Waals surface area contributed by atoms with Gasteiger partial charge in [-0.25, -0.2) is 4.98 Å². The molecule has 0 spiro atoms. The fourth-order valence-corrected chi connectivity index (χ4v) is 4.00. The Labute approximate surface area is 158 Å². The Bertz CT molecular complexity index is 734. The smallest absolute Gasteiger partial charge is 0.169 e. The number of hydrogen-bond acceptors (Lipinski definition) is 6. The number of pyridine rings is 1. The summed E-state index contributed by atoms with van der Waals surface area (Å²) in [6, 6.07) is 3.37. The highest BCUT2D eigenvalue weighted by Crippen LogP contribution is 2.39. The molecule has 132 valence electrons. The van der Waals surface area contributed by atoms with Crippen LogP contribution in [-0.2, 0) is 0 Å². The zero-order chi connectivity index (χ0) is 18.2. The number of thiol groups is 1. The topological polar surface area (TPSA) is 63.0 Å². The molecule has 2 rings (SSSR count). The molecule has 4 nitrogen and oxygen atoms in total. The Kier molecular flexibility index (Phi) is 7.52. The fourth-order valence-electron chi connectivity index (χ4n) is 2.40. The number of nitrogens with one attached hydrogen (secondary N) is 1. The van der Waals surface area contributed by atoms with Crippen molar-refractivity contribution in [3.63, 3.8) is 0 Å². The molecule has 2 heterocycles. The highest BCUT2D eigenvalue weighted by molar-refractivity contribution is 8.06. The molecule has 0 aromatic carbocycles. The molecule has 0 saturated carbocycles. The molecule has 0 radical (unpaired) electrons. The van der Waals surface area contributed by atoms with E-state index < -0.39 is 0 Å². The van der Waals surface area contributed by atoms with Crippen molar-refractivity contribution < 1.29 is 9.53 Å². The summed E-state index contributed by atoms with van der Waals surface area (Å²) >= 11 is 6.28. The van der Waals surface area contributed by atoms with Gasteiger partial charge in [0.2, 0.25) is 0 Å². The molecule has 1 N–H and O–H groups in total. The summed E-state index contributed by atoms with van der Waals surface area (Å²) in [5.74, 6) is 0.575. The quantitative estimate of drug-likeness (QED) is 0.389. The van der Waals surface area contributed by atoms with Crippen LogP contribution in [0.3, 0.4) is 0 Å². The van der Waals surface area contributed by atoms with Crippen LogP contribution in [0.15, 0.2) is 50.5 Å². The standard InChI is InChI=1S/C19H22N2O2S2/c1-3-16-7-5-6-13(10-20)18(24)17(4-2)19(25-16)23-15-9-8-14(12-22)21-11-15/h7-12,20,24H,3-6H2,1-2H3/b16-7+,18-13-,19-17+,20-10?. The molecule has 0 amide bonds. The second-order valence-electron chi connectivity index (χ2n) is 5.44. The Morgan fingerprint density at radius 1 is 1.36 bits per heavy atom. The summed E-state index contributed by atoms with van der Waals surface area (Å²) in [6.07, 6.45) is 9.16. The summed E-state index contributed by atoms with van der Waals surface area (Å²) in [5.41, 5.74) is 2.26. The highest BCUT2D eigenvalue weighted by Gasteiger charge is 2.17. The van der Waals surface area contributed by atoms with Crippen molar-refractivity contribution in [2.75, 3.05) is 0 Å². The minimum absolute atomic E-state index is 0.370. The van der Waals surface area contributed by atoms with Crippen molar-refractivity contribution in [3.05, 3.63) is 56.1 Å². The molecule has 0 saturated heterocycles. The molecule has 1 aliphatic heterocycles. The number of thioether (sulfide) groups is 1. The lowest BCUT2D eigenvalue weighted by Crippen LogP contribution is -2.01. The van der Waals surface area contributed by atoms with E-state index in [4.69, 9.17) is 10.1 Å². The summed E-state index contributed by atoms with van der Waals surface area (Å²) in [7, 11) is 0. The van der Waals surface area contributed by atoms with Gasteiger partial charge in [0.1, 0.15) is 11.4 Å². The van der Waals surface area contributed by atoms with Crippen LogP contribution in [-0.4, -0.2) is 17.5 Å². The molecular weight excluding hydrogens is 352 g/mol. The molecule has 0 fully saturated rings. The van der Waals surface area contributed by atoms with E-state index >= 15 is 0 Å². The first-order chi connectivity index (χ1) is 12.1. The lowest BCUT2D eigenvalue weighted by atomic mass is 10.1. The SMILES string of the molecule is CC/C1=C\CC/C(C=N)=C(S)\C(CC)=C(/Oc2ccc(C=O)nc2)S1. The van der Waals surface area contributed by atoms with Gasteiger partial charge >= 0.3 is 0 Å². The molecule has 1 aliphatic rings. The largest absolute Gasteiger partial charge is 0.448 e. The average molecular weight is 375 g/mol. The molecular formula is C19H22N2O2S2. The first-order valence-corrected chi connectivity index (χ1v) is 9.51. The van der Waals surface area contributed by atoms with E-state index in [0.29, 0.717) is 17.7 Å². The molecule has 0 unspecified atom stereocenters. The van der Waals surface area contributed by atoms with E-state index in [1.165, 1.54) is 11.1 Å². The third-order valence-corrected chi connectivity index (χ3v) is 5.60. The van der Waals surface area contributed by atoms with Gasteiger partial charge in [0, 0.05) is 16.7 Å². The van der Waals surface area contributed by atoms with Crippen LogP contribution in [0.2, 0.25) is 0 Å². The van der Waals surface area contributed by atoms with Crippen molar-refractivity contribution in [2.24, 2.45) is 0 Å². The fraction of sp³-hybridized carbons (Fsp3) is 0.316. The van der Waals surface area contributed by atoms with Gasteiger partial charge in [-0.05, 0) is 48.3 Å². The number of rotatable bonds is 6. The number of carbonyl (C=O) groups is 1. The van der Waals surface area contributed by atoms with E-state index in [0.717, 1.165) is 46.8 Å². The Balaban J connectivity index is 2.48. The summed E-state index contributed by atoms with van der Waals surface area (Å²) in [5, 5.41) is 8.45. The Morgan fingerprint density at radius 2 is 2.16 bits per heavy atom. The monoisotopic (exact) mass is 374 g/mol. The van der Waals surface area contributed by atoms with Crippen LogP contribution >= 0.6 is 24.4 Å². The van der Waals surface area contributed by atoms with Crippen molar-refractivity contribution >= 4 is 36.9 Å². The number of ether oxygens (including phenoxy) is 1. The maximum Gasteiger partial charge on any atom is 0.169 e. The Hall–Kier alpha value is -1.79. The van der Waals surface area contributed by atoms with E-state index in [-0.39, 0.29) is 0 Å². The summed E-state index contributed by atoms with van der Waals surface area (Å²) < 4.78 is 6.11. The first-order valence-electron chi connectivity index (χ1n) is 8.24. The van der Waals surface area contributed by atoms with Crippen molar-refractivity contribution in [1.82, 2.24) is 4.98 Å². The Morgan fingerprint density at radius 3 is 2.72 bits per heavy atom. The third-order valence-electron chi connectivity index (χ3n) is 3.81. The van der Waals surface area contributed by atoms with Crippen molar-refractivity contribution in [3.8, 4) is 5.75 Å². The zero-order valence-electron chi connectivity index (χ0n) is 14.4. The van der Waals surface area contributed by atoms with E-state index in [1.54, 1.807) is 30.1 Å². The maximum atomic E-state index is 10.8. The van der Waals surface area contributed by atoms with Crippen molar-refractivity contribution in [1.29, 1.82) is 5.41 Å². The third kappa shape index (κ3) is 5.09. The van der Waals surface area contributed by atoms with Crippen LogP contribution in [0.25, 0.3) is 0 Å². The molecule has 1 aromatic rings. The van der Waals surface area contributed by atoms with Gasteiger partial charge in [-0.3, -0.25) is 4.79 Å². The summed E-state index contributed by atoms with van der Waals surface area (Å²) in [4.78, 5) is 16.9. The van der Waals surface area contributed by atoms with Crippen LogP contribution in [0, 0.1) is 5.41 Å². The lowest BCUT2D eigenvalue weighted by molar-refractivity contribution is 0.111. The van der Waals surface area contributed by atoms with Gasteiger partial charge < -0.3 is 10.1 Å². The van der Waals surface area contributed by atoms with Crippen molar-refractivity contribution in [2.45, 2.75) is 39.5 Å². The van der Waals surface area contributed by atoms with E-state index in [1.807, 2.05) is 0 Å². The molecule has 0 atom stereocenters. The predicted molar refractivity (Wildman–Crippen MR) is 108 cm³/mol. The minimum Gasteiger partial charge on any atom is -0.448 e.